The molecule has 3 atom stereocenters. The van der Waals surface area contributed by atoms with Gasteiger partial charge >= 0.3 is 0 Å². The van der Waals surface area contributed by atoms with Gasteiger partial charge < -0.3 is 14.8 Å². The van der Waals surface area contributed by atoms with Gasteiger partial charge in [0.1, 0.15) is 0 Å². The summed E-state index contributed by atoms with van der Waals surface area (Å²) in [6, 6.07) is 0. The summed E-state index contributed by atoms with van der Waals surface area (Å²) in [7, 11) is 0. The fourth-order valence-electron chi connectivity index (χ4n) is 3.23. The third kappa shape index (κ3) is 5.93. The zero-order valence-electron chi connectivity index (χ0n) is 13.5. The summed E-state index contributed by atoms with van der Waals surface area (Å²) in [5.74, 6) is 0.239. The number of hydrogen-bond acceptors (Lipinski definition) is 4. The maximum Gasteiger partial charge on any atom is 0.225 e. The normalized spacial score (nSPS) is 31.0. The first kappa shape index (κ1) is 16.7. The average Bonchev–Trinajstić information content (AvgIpc) is 2.46. The van der Waals surface area contributed by atoms with Crippen LogP contribution in [0.4, 0.5) is 0 Å². The Hall–Kier alpha value is -0.650. The minimum Gasteiger partial charge on any atom is -0.381 e. The molecule has 0 aromatic carbocycles. The Morgan fingerprint density at radius 1 is 1.24 bits per heavy atom. The molecule has 2 aliphatic rings. The molecule has 2 saturated heterocycles. The summed E-state index contributed by atoms with van der Waals surface area (Å²) in [6.45, 7) is 9.59. The highest BCUT2D eigenvalue weighted by Gasteiger charge is 2.22. The zero-order valence-corrected chi connectivity index (χ0v) is 13.5. The number of ether oxygens (including phenoxy) is 2. The fourth-order valence-corrected chi connectivity index (χ4v) is 3.23. The van der Waals surface area contributed by atoms with Crippen LogP contribution in [0.1, 0.15) is 39.5 Å². The van der Waals surface area contributed by atoms with E-state index in [1.54, 1.807) is 0 Å². The van der Waals surface area contributed by atoms with E-state index in [-0.39, 0.29) is 11.8 Å². The number of unbranched alkanes of at least 4 members (excludes halogenated alkanes) is 1. The number of nitrogens with one attached hydrogen (secondary N) is 1. The molecule has 0 radical (unpaired) electrons. The standard InChI is InChI=1S/C16H30N2O3/c1-13-10-18(11-14(2)21-13)8-4-3-7-17-16(19)15-6-5-9-20-12-15/h13-15H,3-12H2,1-2H3,(H,17,19)/t13-,14+,15-/m1/s1. The van der Waals surface area contributed by atoms with Crippen LogP contribution >= 0.6 is 0 Å². The van der Waals surface area contributed by atoms with Crippen molar-refractivity contribution in [2.24, 2.45) is 5.92 Å². The van der Waals surface area contributed by atoms with E-state index in [1.807, 2.05) is 0 Å². The molecular formula is C16H30N2O3. The van der Waals surface area contributed by atoms with Crippen molar-refractivity contribution < 1.29 is 14.3 Å². The van der Waals surface area contributed by atoms with Crippen LogP contribution < -0.4 is 5.32 Å². The van der Waals surface area contributed by atoms with Crippen molar-refractivity contribution >= 4 is 5.91 Å². The molecule has 21 heavy (non-hydrogen) atoms. The van der Waals surface area contributed by atoms with Gasteiger partial charge in [0.05, 0.1) is 24.7 Å². The molecular weight excluding hydrogens is 268 g/mol. The number of amides is 1. The van der Waals surface area contributed by atoms with E-state index in [4.69, 9.17) is 9.47 Å². The van der Waals surface area contributed by atoms with Crippen LogP contribution in [0.3, 0.4) is 0 Å². The van der Waals surface area contributed by atoms with Gasteiger partial charge in [-0.2, -0.15) is 0 Å². The molecule has 0 bridgehead atoms. The summed E-state index contributed by atoms with van der Waals surface area (Å²) in [5.41, 5.74) is 0. The Labute approximate surface area is 128 Å². The Bertz CT molecular complexity index is 309. The lowest BCUT2D eigenvalue weighted by molar-refractivity contribution is -0.128. The first-order valence-corrected chi connectivity index (χ1v) is 8.38. The van der Waals surface area contributed by atoms with E-state index in [1.165, 1.54) is 0 Å². The van der Waals surface area contributed by atoms with E-state index < -0.39 is 0 Å². The van der Waals surface area contributed by atoms with E-state index in [9.17, 15) is 4.79 Å². The third-order valence-corrected chi connectivity index (χ3v) is 4.23. The molecule has 0 spiro atoms. The lowest BCUT2D eigenvalue weighted by atomic mass is 10.0. The second kappa shape index (κ2) is 8.71. The van der Waals surface area contributed by atoms with E-state index in [2.05, 4.69) is 24.1 Å². The Kier molecular flexibility index (Phi) is 6.93. The molecule has 2 aliphatic heterocycles. The largest absolute Gasteiger partial charge is 0.381 e. The first-order chi connectivity index (χ1) is 10.1. The Morgan fingerprint density at radius 2 is 2.00 bits per heavy atom. The second-order valence-electron chi connectivity index (χ2n) is 6.43. The number of carbonyl (C=O) groups excluding carboxylic acids is 1. The lowest BCUT2D eigenvalue weighted by Crippen LogP contribution is -2.45. The van der Waals surface area contributed by atoms with Crippen LogP contribution in [-0.4, -0.2) is 62.4 Å². The average molecular weight is 298 g/mol. The Morgan fingerprint density at radius 3 is 2.67 bits per heavy atom. The molecule has 0 aromatic rings. The summed E-state index contributed by atoms with van der Waals surface area (Å²) in [6.07, 6.45) is 4.81. The van der Waals surface area contributed by atoms with Gasteiger partial charge in [-0.3, -0.25) is 9.69 Å². The zero-order chi connectivity index (χ0) is 15.1. The molecule has 1 amide bonds. The van der Waals surface area contributed by atoms with E-state index in [0.29, 0.717) is 18.8 Å². The van der Waals surface area contributed by atoms with Crippen molar-refractivity contribution in [3.8, 4) is 0 Å². The van der Waals surface area contributed by atoms with Gasteiger partial charge in [0.2, 0.25) is 5.91 Å². The molecule has 122 valence electrons. The number of nitrogens with zero attached hydrogens (tertiary/aromatic N) is 1. The van der Waals surface area contributed by atoms with Crippen molar-refractivity contribution in [3.05, 3.63) is 0 Å². The second-order valence-corrected chi connectivity index (χ2v) is 6.43. The quantitative estimate of drug-likeness (QED) is 0.754. The third-order valence-electron chi connectivity index (χ3n) is 4.23. The highest BCUT2D eigenvalue weighted by Crippen LogP contribution is 2.13. The molecule has 5 nitrogen and oxygen atoms in total. The van der Waals surface area contributed by atoms with Crippen molar-refractivity contribution in [2.75, 3.05) is 39.4 Å². The molecule has 2 fully saturated rings. The number of carbonyl (C=O) groups is 1. The Balaban J connectivity index is 1.52. The van der Waals surface area contributed by atoms with Crippen LogP contribution in [0.2, 0.25) is 0 Å². The van der Waals surface area contributed by atoms with Crippen molar-refractivity contribution in [1.82, 2.24) is 10.2 Å². The molecule has 0 aromatic heterocycles. The number of hydrogen-bond donors (Lipinski definition) is 1. The first-order valence-electron chi connectivity index (χ1n) is 8.38. The van der Waals surface area contributed by atoms with Crippen LogP contribution in [0.5, 0.6) is 0 Å². The smallest absolute Gasteiger partial charge is 0.225 e. The maximum absolute atomic E-state index is 11.9. The highest BCUT2D eigenvalue weighted by molar-refractivity contribution is 5.78. The minimum absolute atomic E-state index is 0.0692. The fraction of sp³-hybridized carbons (Fsp3) is 0.938. The van der Waals surface area contributed by atoms with Crippen LogP contribution in [0.25, 0.3) is 0 Å². The van der Waals surface area contributed by atoms with Gasteiger partial charge in [0.15, 0.2) is 0 Å². The lowest BCUT2D eigenvalue weighted by Gasteiger charge is -2.35. The summed E-state index contributed by atoms with van der Waals surface area (Å²) in [4.78, 5) is 14.4. The SMILES string of the molecule is C[C@@H]1CN(CCCCNC(=O)[C@@H]2CCCOC2)C[C@H](C)O1. The molecule has 2 rings (SSSR count). The van der Waals surface area contributed by atoms with E-state index in [0.717, 1.165) is 58.5 Å². The minimum atomic E-state index is 0.0692. The summed E-state index contributed by atoms with van der Waals surface area (Å²) in [5, 5.41) is 3.05. The van der Waals surface area contributed by atoms with Crippen molar-refractivity contribution in [1.29, 1.82) is 0 Å². The van der Waals surface area contributed by atoms with Gasteiger partial charge in [0, 0.05) is 26.2 Å². The summed E-state index contributed by atoms with van der Waals surface area (Å²) < 4.78 is 11.1. The predicted molar refractivity (Wildman–Crippen MR) is 82.2 cm³/mol. The van der Waals surface area contributed by atoms with Gasteiger partial charge in [-0.15, -0.1) is 0 Å². The maximum atomic E-state index is 11.9. The topological polar surface area (TPSA) is 50.8 Å². The molecule has 5 heteroatoms. The monoisotopic (exact) mass is 298 g/mol. The molecule has 1 N–H and O–H groups in total. The number of rotatable bonds is 6. The van der Waals surface area contributed by atoms with Gasteiger partial charge in [0.25, 0.3) is 0 Å². The predicted octanol–water partition coefficient (Wildman–Crippen LogP) is 1.42. The van der Waals surface area contributed by atoms with Crippen molar-refractivity contribution in [3.63, 3.8) is 0 Å². The van der Waals surface area contributed by atoms with E-state index >= 15 is 0 Å². The molecule has 0 saturated carbocycles. The summed E-state index contributed by atoms with van der Waals surface area (Å²) >= 11 is 0. The van der Waals surface area contributed by atoms with Gasteiger partial charge in [-0.1, -0.05) is 0 Å². The van der Waals surface area contributed by atoms with Gasteiger partial charge in [-0.25, -0.2) is 0 Å². The molecule has 2 heterocycles. The van der Waals surface area contributed by atoms with Crippen LogP contribution in [0.15, 0.2) is 0 Å². The number of morpholine rings is 1. The van der Waals surface area contributed by atoms with Crippen molar-refractivity contribution in [2.45, 2.75) is 51.7 Å². The molecule has 0 unspecified atom stereocenters. The van der Waals surface area contributed by atoms with Crippen LogP contribution in [-0.2, 0) is 14.3 Å². The van der Waals surface area contributed by atoms with Gasteiger partial charge in [-0.05, 0) is 46.1 Å². The van der Waals surface area contributed by atoms with Crippen LogP contribution in [0, 0.1) is 5.92 Å². The highest BCUT2D eigenvalue weighted by atomic mass is 16.5. The molecule has 0 aliphatic carbocycles.